The number of aryl methyl sites for hydroxylation is 1. The molecule has 0 radical (unpaired) electrons. The van der Waals surface area contributed by atoms with Crippen molar-refractivity contribution >= 4 is 17.7 Å². The molecule has 0 spiro atoms. The summed E-state index contributed by atoms with van der Waals surface area (Å²) in [5, 5.41) is 6.57. The fourth-order valence-electron chi connectivity index (χ4n) is 6.54. The van der Waals surface area contributed by atoms with Crippen LogP contribution in [0.5, 0.6) is 5.75 Å². The van der Waals surface area contributed by atoms with Gasteiger partial charge in [-0.3, -0.25) is 9.88 Å². The highest BCUT2D eigenvalue weighted by Gasteiger charge is 2.33. The lowest BCUT2D eigenvalue weighted by Gasteiger charge is -2.43. The van der Waals surface area contributed by atoms with Crippen molar-refractivity contribution in [2.45, 2.75) is 37.9 Å². The molecule has 4 heterocycles. The maximum Gasteiger partial charge on any atom is 0.140 e. The zero-order chi connectivity index (χ0) is 30.7. The second-order valence-corrected chi connectivity index (χ2v) is 11.9. The standard InChI is InChI=1S/C34H43FN8O/c1-4-24-19-28(32(44-3)21-31(24)43-13-10-26(11-14-43)42-17-15-41(2)16-18-42)34(36)22-33(38-23-39-34)40-25-9-12-37-30(20-25)27-7-5-6-8-29(27)35/h5-9,12,19-23,26H,4,10-11,13-18,36H2,1-3H3,(H,37,40)(H,38,39). The predicted octanol–water partition coefficient (Wildman–Crippen LogP) is 4.37. The predicted molar refractivity (Wildman–Crippen MR) is 176 cm³/mol. The van der Waals surface area contributed by atoms with Crippen LogP contribution in [-0.2, 0) is 12.1 Å². The van der Waals surface area contributed by atoms with Gasteiger partial charge in [-0.05, 0) is 62.2 Å². The number of rotatable bonds is 8. The third-order valence-electron chi connectivity index (χ3n) is 9.14. The average Bonchev–Trinajstić information content (AvgIpc) is 3.05. The van der Waals surface area contributed by atoms with Gasteiger partial charge in [-0.25, -0.2) is 9.38 Å². The number of piperidine rings is 1. The van der Waals surface area contributed by atoms with Crippen LogP contribution < -0.4 is 26.0 Å². The first-order valence-corrected chi connectivity index (χ1v) is 15.6. The first kappa shape index (κ1) is 30.1. The normalized spacial score (nSPS) is 21.6. The summed E-state index contributed by atoms with van der Waals surface area (Å²) in [7, 11) is 3.90. The van der Waals surface area contributed by atoms with E-state index in [-0.39, 0.29) is 5.82 Å². The van der Waals surface area contributed by atoms with E-state index in [0.29, 0.717) is 23.1 Å². The van der Waals surface area contributed by atoms with Crippen LogP contribution in [0.25, 0.3) is 11.3 Å². The smallest absolute Gasteiger partial charge is 0.140 e. The quantitative estimate of drug-likeness (QED) is 0.352. The summed E-state index contributed by atoms with van der Waals surface area (Å²) in [5.41, 5.74) is 10.9. The molecular formula is C34H43FN8O. The lowest BCUT2D eigenvalue weighted by atomic mass is 9.93. The van der Waals surface area contributed by atoms with E-state index in [4.69, 9.17) is 10.5 Å². The Morgan fingerprint density at radius 3 is 2.57 bits per heavy atom. The SMILES string of the molecule is CCc1cc(C2(N)C=C(Nc3ccnc(-c4ccccc4F)c3)N=CN2)c(OC)cc1N1CCC(N2CCN(C)CC2)CC1. The fraction of sp³-hybridized carbons (Fsp3) is 0.412. The molecule has 3 aliphatic heterocycles. The molecule has 44 heavy (non-hydrogen) atoms. The van der Waals surface area contributed by atoms with E-state index in [1.54, 1.807) is 43.9 Å². The Labute approximate surface area is 259 Å². The first-order valence-electron chi connectivity index (χ1n) is 15.6. The van der Waals surface area contributed by atoms with Gasteiger partial charge in [-0.2, -0.15) is 0 Å². The highest BCUT2D eigenvalue weighted by molar-refractivity contribution is 5.69. The number of piperazine rings is 1. The Morgan fingerprint density at radius 1 is 1.07 bits per heavy atom. The number of methoxy groups -OCH3 is 1. The molecule has 0 aliphatic carbocycles. The van der Waals surface area contributed by atoms with E-state index < -0.39 is 5.66 Å². The molecule has 232 valence electrons. The molecule has 4 N–H and O–H groups in total. The molecule has 0 bridgehead atoms. The van der Waals surface area contributed by atoms with E-state index in [0.717, 1.165) is 62.7 Å². The van der Waals surface area contributed by atoms with Crippen molar-refractivity contribution in [3.05, 3.63) is 83.6 Å². The number of ether oxygens (including phenoxy) is 1. The van der Waals surface area contributed by atoms with Crippen LogP contribution in [0.3, 0.4) is 0 Å². The lowest BCUT2D eigenvalue weighted by molar-refractivity contribution is 0.0982. The molecule has 1 unspecified atom stereocenters. The Morgan fingerprint density at radius 2 is 1.84 bits per heavy atom. The van der Waals surface area contributed by atoms with Crippen molar-refractivity contribution in [2.75, 3.05) is 63.6 Å². The molecule has 2 fully saturated rings. The second kappa shape index (κ2) is 12.9. The summed E-state index contributed by atoms with van der Waals surface area (Å²) < 4.78 is 20.4. The van der Waals surface area contributed by atoms with Crippen molar-refractivity contribution in [1.82, 2.24) is 20.1 Å². The van der Waals surface area contributed by atoms with Crippen LogP contribution in [0.4, 0.5) is 15.8 Å². The molecule has 9 nitrogen and oxygen atoms in total. The number of nitrogens with one attached hydrogen (secondary N) is 2. The molecule has 0 amide bonds. The molecule has 10 heteroatoms. The summed E-state index contributed by atoms with van der Waals surface area (Å²) in [6.45, 7) is 8.88. The summed E-state index contributed by atoms with van der Waals surface area (Å²) in [6.07, 6.45) is 8.31. The number of pyridine rings is 1. The topological polar surface area (TPSA) is 94.3 Å². The number of hydrogen-bond acceptors (Lipinski definition) is 9. The van der Waals surface area contributed by atoms with E-state index in [1.807, 2.05) is 12.1 Å². The van der Waals surface area contributed by atoms with Crippen molar-refractivity contribution in [3.63, 3.8) is 0 Å². The Bertz CT molecular complexity index is 1530. The minimum Gasteiger partial charge on any atom is -0.496 e. The van der Waals surface area contributed by atoms with E-state index in [1.165, 1.54) is 30.2 Å². The van der Waals surface area contributed by atoms with E-state index in [9.17, 15) is 4.39 Å². The molecule has 3 aliphatic rings. The van der Waals surface area contributed by atoms with Gasteiger partial charge in [-0.1, -0.05) is 19.1 Å². The minimum absolute atomic E-state index is 0.320. The maximum atomic E-state index is 14.4. The molecular weight excluding hydrogens is 555 g/mol. The molecule has 1 aromatic heterocycles. The minimum atomic E-state index is -1.06. The summed E-state index contributed by atoms with van der Waals surface area (Å²) in [6, 6.07) is 15.2. The molecule has 3 aromatic rings. The van der Waals surface area contributed by atoms with Crippen molar-refractivity contribution in [3.8, 4) is 17.0 Å². The molecule has 2 aromatic carbocycles. The number of anilines is 2. The van der Waals surface area contributed by atoms with Crippen molar-refractivity contribution in [1.29, 1.82) is 0 Å². The van der Waals surface area contributed by atoms with Gasteiger partial charge >= 0.3 is 0 Å². The zero-order valence-electron chi connectivity index (χ0n) is 25.9. The van der Waals surface area contributed by atoms with Crippen molar-refractivity contribution in [2.24, 2.45) is 10.7 Å². The summed E-state index contributed by atoms with van der Waals surface area (Å²) >= 11 is 0. The average molecular weight is 599 g/mol. The van der Waals surface area contributed by atoms with E-state index in [2.05, 4.69) is 61.4 Å². The monoisotopic (exact) mass is 598 g/mol. The van der Waals surface area contributed by atoms with Gasteiger partial charge in [0.05, 0.1) is 19.1 Å². The van der Waals surface area contributed by atoms with Crippen LogP contribution in [0.2, 0.25) is 0 Å². The van der Waals surface area contributed by atoms with Gasteiger partial charge in [0.2, 0.25) is 0 Å². The van der Waals surface area contributed by atoms with Gasteiger partial charge < -0.3 is 30.9 Å². The van der Waals surface area contributed by atoms with Gasteiger partial charge in [-0.15, -0.1) is 0 Å². The third kappa shape index (κ3) is 6.29. The Kier molecular flexibility index (Phi) is 8.83. The van der Waals surface area contributed by atoms with Crippen LogP contribution >= 0.6 is 0 Å². The van der Waals surface area contributed by atoms with Gasteiger partial charge in [0, 0.05) is 86.2 Å². The number of benzene rings is 2. The first-order chi connectivity index (χ1) is 21.4. The molecule has 1 atom stereocenters. The second-order valence-electron chi connectivity index (χ2n) is 11.9. The number of hydrogen-bond donors (Lipinski definition) is 3. The van der Waals surface area contributed by atoms with Crippen LogP contribution in [0.15, 0.2) is 71.6 Å². The number of likely N-dealkylation sites (N-methyl/N-ethyl adjacent to an activating group) is 1. The maximum absolute atomic E-state index is 14.4. The number of nitrogens with zero attached hydrogens (tertiary/aromatic N) is 5. The van der Waals surface area contributed by atoms with Crippen LogP contribution in [0.1, 0.15) is 30.9 Å². The van der Waals surface area contributed by atoms with Gasteiger partial charge in [0.25, 0.3) is 0 Å². The molecule has 2 saturated heterocycles. The zero-order valence-corrected chi connectivity index (χ0v) is 25.9. The lowest BCUT2D eigenvalue weighted by Crippen LogP contribution is -2.52. The van der Waals surface area contributed by atoms with E-state index >= 15 is 0 Å². The number of aromatic nitrogens is 1. The third-order valence-corrected chi connectivity index (χ3v) is 9.14. The fourth-order valence-corrected chi connectivity index (χ4v) is 6.54. The molecule has 0 saturated carbocycles. The Balaban J connectivity index is 1.21. The Hall–Kier alpha value is -3.99. The highest BCUT2D eigenvalue weighted by atomic mass is 19.1. The van der Waals surface area contributed by atoms with Gasteiger partial charge in [0.1, 0.15) is 23.1 Å². The number of nitrogens with two attached hydrogens (primary N) is 1. The summed E-state index contributed by atoms with van der Waals surface area (Å²) in [4.78, 5) is 16.5. The number of halogens is 1. The van der Waals surface area contributed by atoms with Crippen LogP contribution in [0, 0.1) is 5.82 Å². The molecule has 6 rings (SSSR count). The summed E-state index contributed by atoms with van der Waals surface area (Å²) in [5.74, 6) is 0.969. The highest BCUT2D eigenvalue weighted by Crippen LogP contribution is 2.38. The van der Waals surface area contributed by atoms with Crippen LogP contribution in [-0.4, -0.2) is 80.6 Å². The van der Waals surface area contributed by atoms with Gasteiger partial charge in [0.15, 0.2) is 0 Å². The largest absolute Gasteiger partial charge is 0.496 e. The number of aliphatic imine (C=N–C) groups is 1. The van der Waals surface area contributed by atoms with Crippen molar-refractivity contribution < 1.29 is 9.13 Å².